The number of hydrogen-bond acceptors (Lipinski definition) is 3. The number of nitrogens with zero attached hydrogens (tertiary/aromatic N) is 2. The Morgan fingerprint density at radius 1 is 1.64 bits per heavy atom. The molecule has 1 unspecified atom stereocenters. The summed E-state index contributed by atoms with van der Waals surface area (Å²) in [7, 11) is 0. The van der Waals surface area contributed by atoms with Crippen LogP contribution in [0, 0.1) is 10.7 Å². The highest BCUT2D eigenvalue weighted by atomic mass is 79.9. The molecule has 1 amide bonds. The van der Waals surface area contributed by atoms with Crippen LogP contribution in [0.1, 0.15) is 6.42 Å². The molecule has 5 nitrogen and oxygen atoms in total. The number of rotatable bonds is 2. The van der Waals surface area contributed by atoms with E-state index in [1.807, 2.05) is 0 Å². The highest BCUT2D eigenvalue weighted by Crippen LogP contribution is 2.22. The molecule has 0 aromatic carbocycles. The van der Waals surface area contributed by atoms with E-state index >= 15 is 0 Å². The van der Waals surface area contributed by atoms with Gasteiger partial charge in [-0.05, 0) is 18.1 Å². The number of aromatic nitrogens is 3. The Bertz CT molecular complexity index is 400. The van der Waals surface area contributed by atoms with Gasteiger partial charge in [0.05, 0.1) is 0 Å². The van der Waals surface area contributed by atoms with Crippen LogP contribution in [0.15, 0.2) is 0 Å². The van der Waals surface area contributed by atoms with Crippen molar-refractivity contribution in [2.24, 2.45) is 5.92 Å². The first-order valence-corrected chi connectivity index (χ1v) is 5.74. The molecule has 1 aromatic heterocycles. The fourth-order valence-electron chi connectivity index (χ4n) is 1.48. The Balaban J connectivity index is 2.20. The van der Waals surface area contributed by atoms with Crippen LogP contribution in [-0.2, 0) is 4.79 Å². The maximum absolute atomic E-state index is 11.6. The second kappa shape index (κ2) is 3.82. The largest absolute Gasteiger partial charge is 0.281 e. The number of alkyl halides is 1. The summed E-state index contributed by atoms with van der Waals surface area (Å²) >= 11 is 8.19. The van der Waals surface area contributed by atoms with Crippen molar-refractivity contribution in [1.29, 1.82) is 0 Å². The van der Waals surface area contributed by atoms with Gasteiger partial charge in [0.25, 0.3) is 0 Å². The third kappa shape index (κ3) is 1.74. The first kappa shape index (κ1) is 9.85. The number of hydrogen-bond donors (Lipinski definition) is 2. The summed E-state index contributed by atoms with van der Waals surface area (Å²) in [6.07, 6.45) is 0.568. The van der Waals surface area contributed by atoms with Crippen molar-refractivity contribution in [3.05, 3.63) is 4.77 Å². The quantitative estimate of drug-likeness (QED) is 0.631. The number of aromatic amines is 2. The SMILES string of the molecule is O=C1CC(CBr)CN1c1nc(=S)[nH][nH]1. The Hall–Kier alpha value is -0.690. The lowest BCUT2D eigenvalue weighted by Crippen LogP contribution is -2.25. The number of nitrogens with one attached hydrogen (secondary N) is 2. The summed E-state index contributed by atoms with van der Waals surface area (Å²) in [6.45, 7) is 0.695. The zero-order valence-corrected chi connectivity index (χ0v) is 9.69. The number of carbonyl (C=O) groups is 1. The predicted octanol–water partition coefficient (Wildman–Crippen LogP) is 1.22. The summed E-state index contributed by atoms with van der Waals surface area (Å²) < 4.78 is 0.370. The van der Waals surface area contributed by atoms with E-state index < -0.39 is 0 Å². The number of halogens is 1. The maximum atomic E-state index is 11.6. The van der Waals surface area contributed by atoms with Gasteiger partial charge in [-0.1, -0.05) is 15.9 Å². The van der Waals surface area contributed by atoms with Crippen molar-refractivity contribution >= 4 is 40.0 Å². The van der Waals surface area contributed by atoms with Gasteiger partial charge in [-0.2, -0.15) is 4.98 Å². The van der Waals surface area contributed by atoms with E-state index in [-0.39, 0.29) is 5.91 Å². The zero-order valence-electron chi connectivity index (χ0n) is 7.29. The lowest BCUT2D eigenvalue weighted by molar-refractivity contribution is -0.117. The Morgan fingerprint density at radius 2 is 2.43 bits per heavy atom. The summed E-state index contributed by atoms with van der Waals surface area (Å²) in [4.78, 5) is 17.2. The number of carbonyl (C=O) groups excluding carboxylic acids is 1. The van der Waals surface area contributed by atoms with E-state index in [0.717, 1.165) is 5.33 Å². The molecule has 0 bridgehead atoms. The van der Waals surface area contributed by atoms with Gasteiger partial charge in [0, 0.05) is 18.3 Å². The van der Waals surface area contributed by atoms with Gasteiger partial charge in [0.15, 0.2) is 0 Å². The van der Waals surface area contributed by atoms with Crippen LogP contribution in [0.5, 0.6) is 0 Å². The molecule has 7 heteroatoms. The molecule has 2 heterocycles. The van der Waals surface area contributed by atoms with Gasteiger partial charge in [0.2, 0.25) is 16.6 Å². The molecule has 14 heavy (non-hydrogen) atoms. The van der Waals surface area contributed by atoms with E-state index in [9.17, 15) is 4.79 Å². The van der Waals surface area contributed by atoms with Crippen LogP contribution >= 0.6 is 28.1 Å². The molecule has 1 fully saturated rings. The monoisotopic (exact) mass is 276 g/mol. The lowest BCUT2D eigenvalue weighted by atomic mass is 10.2. The summed E-state index contributed by atoms with van der Waals surface area (Å²) in [5.74, 6) is 0.969. The molecule has 0 spiro atoms. The summed E-state index contributed by atoms with van der Waals surface area (Å²) in [5, 5.41) is 6.28. The molecule has 1 aliphatic rings. The van der Waals surface area contributed by atoms with Crippen molar-refractivity contribution in [1.82, 2.24) is 15.2 Å². The fourth-order valence-corrected chi connectivity index (χ4v) is 2.05. The van der Waals surface area contributed by atoms with E-state index in [1.54, 1.807) is 4.90 Å². The molecule has 1 saturated heterocycles. The third-order valence-corrected chi connectivity index (χ3v) is 3.28. The first-order valence-electron chi connectivity index (χ1n) is 4.21. The van der Waals surface area contributed by atoms with Crippen molar-refractivity contribution < 1.29 is 4.79 Å². The molecule has 1 atom stereocenters. The third-order valence-electron chi connectivity index (χ3n) is 2.17. The number of H-pyrrole nitrogens is 2. The Kier molecular flexibility index (Phi) is 2.69. The van der Waals surface area contributed by atoms with E-state index in [4.69, 9.17) is 12.2 Å². The standard InChI is InChI=1S/C7H9BrN4OS/c8-2-4-1-5(13)12(3-4)6-9-7(14)11-10-6/h4H,1-3H2,(H2,9,10,11,14). The molecule has 0 saturated carbocycles. The average Bonchev–Trinajstić information content (AvgIpc) is 2.71. The summed E-state index contributed by atoms with van der Waals surface area (Å²) in [5.41, 5.74) is 0. The minimum Gasteiger partial charge on any atom is -0.281 e. The minimum atomic E-state index is 0.0900. The second-order valence-corrected chi connectivity index (χ2v) is 4.25. The van der Waals surface area contributed by atoms with Gasteiger partial charge >= 0.3 is 0 Å². The van der Waals surface area contributed by atoms with Gasteiger partial charge in [-0.3, -0.25) is 19.9 Å². The average molecular weight is 277 g/mol. The molecule has 2 N–H and O–H groups in total. The topological polar surface area (TPSA) is 64.8 Å². The van der Waals surface area contributed by atoms with Crippen LogP contribution in [0.25, 0.3) is 0 Å². The smallest absolute Gasteiger partial charge is 0.229 e. The fraction of sp³-hybridized carbons (Fsp3) is 0.571. The summed E-state index contributed by atoms with van der Waals surface area (Å²) in [6, 6.07) is 0. The van der Waals surface area contributed by atoms with Crippen LogP contribution in [0.2, 0.25) is 0 Å². The van der Waals surface area contributed by atoms with Crippen LogP contribution in [0.3, 0.4) is 0 Å². The van der Waals surface area contributed by atoms with Crippen molar-refractivity contribution in [2.75, 3.05) is 16.8 Å². The highest BCUT2D eigenvalue weighted by molar-refractivity contribution is 9.09. The molecule has 0 aliphatic carbocycles. The first-order chi connectivity index (χ1) is 6.70. The van der Waals surface area contributed by atoms with Crippen molar-refractivity contribution in [3.63, 3.8) is 0 Å². The van der Waals surface area contributed by atoms with Crippen molar-refractivity contribution in [3.8, 4) is 0 Å². The van der Waals surface area contributed by atoms with E-state index in [0.29, 0.717) is 29.6 Å². The van der Waals surface area contributed by atoms with Crippen LogP contribution in [0.4, 0.5) is 5.95 Å². The van der Waals surface area contributed by atoms with Crippen LogP contribution < -0.4 is 4.90 Å². The van der Waals surface area contributed by atoms with E-state index in [1.165, 1.54) is 0 Å². The maximum Gasteiger partial charge on any atom is 0.229 e. The Morgan fingerprint density at radius 3 is 2.93 bits per heavy atom. The van der Waals surface area contributed by atoms with Gasteiger partial charge in [0.1, 0.15) is 0 Å². The Labute approximate surface area is 94.0 Å². The molecule has 1 aliphatic heterocycles. The second-order valence-electron chi connectivity index (χ2n) is 3.22. The molecule has 2 rings (SSSR count). The molecular weight excluding hydrogens is 268 g/mol. The molecule has 0 radical (unpaired) electrons. The zero-order chi connectivity index (χ0) is 10.1. The highest BCUT2D eigenvalue weighted by Gasteiger charge is 2.31. The predicted molar refractivity (Wildman–Crippen MR) is 58.0 cm³/mol. The minimum absolute atomic E-state index is 0.0900. The van der Waals surface area contributed by atoms with Gasteiger partial charge in [-0.25, -0.2) is 0 Å². The normalized spacial score (nSPS) is 21.9. The van der Waals surface area contributed by atoms with Crippen molar-refractivity contribution in [2.45, 2.75) is 6.42 Å². The molecule has 76 valence electrons. The van der Waals surface area contributed by atoms with Crippen LogP contribution in [-0.4, -0.2) is 33.0 Å². The lowest BCUT2D eigenvalue weighted by Gasteiger charge is -2.11. The molecular formula is C7H9BrN4OS. The van der Waals surface area contributed by atoms with Gasteiger partial charge < -0.3 is 0 Å². The van der Waals surface area contributed by atoms with Gasteiger partial charge in [-0.15, -0.1) is 0 Å². The number of amides is 1. The van der Waals surface area contributed by atoms with E-state index in [2.05, 4.69) is 31.1 Å². The number of anilines is 1. The molecule has 1 aromatic rings.